The molecular formula is C18H29NO3. The van der Waals surface area contributed by atoms with Gasteiger partial charge in [-0.25, -0.2) is 0 Å². The van der Waals surface area contributed by atoms with Crippen molar-refractivity contribution < 1.29 is 14.6 Å². The fourth-order valence-corrected chi connectivity index (χ4v) is 6.68. The molecule has 2 saturated carbocycles. The van der Waals surface area contributed by atoms with Crippen LogP contribution < -0.4 is 0 Å². The minimum atomic E-state index is -0.225. The number of rotatable bonds is 1. The molecule has 0 aromatic heterocycles. The summed E-state index contributed by atoms with van der Waals surface area (Å²) in [6.07, 6.45) is 6.65. The van der Waals surface area contributed by atoms with E-state index < -0.39 is 0 Å². The average molecular weight is 307 g/mol. The highest BCUT2D eigenvalue weighted by molar-refractivity contribution is 5.66. The van der Waals surface area contributed by atoms with E-state index in [-0.39, 0.29) is 23.7 Å². The van der Waals surface area contributed by atoms with E-state index in [0.717, 1.165) is 12.8 Å². The summed E-state index contributed by atoms with van der Waals surface area (Å²) in [5.41, 5.74) is 0.193. The Morgan fingerprint density at radius 1 is 1.23 bits per heavy atom. The first-order valence-electron chi connectivity index (χ1n) is 9.14. The van der Waals surface area contributed by atoms with Gasteiger partial charge in [-0.05, 0) is 69.4 Å². The molecule has 2 aliphatic carbocycles. The summed E-state index contributed by atoms with van der Waals surface area (Å²) in [5, 5.41) is 10.8. The van der Waals surface area contributed by atoms with Gasteiger partial charge in [0.15, 0.2) is 0 Å². The molecule has 4 aliphatic rings. The third-order valence-electron chi connectivity index (χ3n) is 7.22. The number of piperidine rings is 2. The van der Waals surface area contributed by atoms with Crippen LogP contribution in [0.1, 0.15) is 52.4 Å². The van der Waals surface area contributed by atoms with Crippen molar-refractivity contribution in [2.24, 2.45) is 23.7 Å². The van der Waals surface area contributed by atoms with Gasteiger partial charge in [-0.2, -0.15) is 0 Å². The first-order valence-corrected chi connectivity index (χ1v) is 9.14. The highest BCUT2D eigenvalue weighted by Crippen LogP contribution is 2.60. The van der Waals surface area contributed by atoms with Crippen molar-refractivity contribution in [1.29, 1.82) is 0 Å². The zero-order valence-corrected chi connectivity index (χ0v) is 13.8. The summed E-state index contributed by atoms with van der Waals surface area (Å²) in [6.45, 7) is 6.12. The molecule has 4 rings (SSSR count). The maximum Gasteiger partial charge on any atom is 0.302 e. The SMILES string of the molecule is CC(=O)O[C@@H]1CC2C3CCCN4CCCC1C34C[C@H](C)[C@H]2O. The Morgan fingerprint density at radius 3 is 2.59 bits per heavy atom. The number of nitrogens with zero attached hydrogens (tertiary/aromatic N) is 1. The summed E-state index contributed by atoms with van der Waals surface area (Å²) < 4.78 is 5.76. The van der Waals surface area contributed by atoms with Crippen molar-refractivity contribution in [1.82, 2.24) is 4.90 Å². The summed E-state index contributed by atoms with van der Waals surface area (Å²) in [7, 11) is 0. The number of aliphatic hydroxyl groups excluding tert-OH is 1. The van der Waals surface area contributed by atoms with E-state index in [9.17, 15) is 9.90 Å². The van der Waals surface area contributed by atoms with E-state index in [4.69, 9.17) is 4.74 Å². The molecule has 4 unspecified atom stereocenters. The van der Waals surface area contributed by atoms with Gasteiger partial charge in [0.05, 0.1) is 6.10 Å². The molecule has 2 aliphatic heterocycles. The molecule has 2 heterocycles. The molecule has 7 atom stereocenters. The molecular weight excluding hydrogens is 278 g/mol. The van der Waals surface area contributed by atoms with Crippen molar-refractivity contribution in [3.63, 3.8) is 0 Å². The number of carbonyl (C=O) groups is 1. The van der Waals surface area contributed by atoms with Crippen molar-refractivity contribution in [3.8, 4) is 0 Å². The minimum Gasteiger partial charge on any atom is -0.462 e. The van der Waals surface area contributed by atoms with Gasteiger partial charge in [0.25, 0.3) is 0 Å². The number of esters is 1. The molecule has 2 saturated heterocycles. The Bertz CT molecular complexity index is 465. The molecule has 1 N–H and O–H groups in total. The van der Waals surface area contributed by atoms with Gasteiger partial charge in [0, 0.05) is 18.4 Å². The highest BCUT2D eigenvalue weighted by Gasteiger charge is 2.65. The first-order chi connectivity index (χ1) is 10.5. The molecule has 4 nitrogen and oxygen atoms in total. The van der Waals surface area contributed by atoms with E-state index in [1.54, 1.807) is 0 Å². The number of hydrogen-bond acceptors (Lipinski definition) is 4. The van der Waals surface area contributed by atoms with Gasteiger partial charge in [-0.3, -0.25) is 9.69 Å². The van der Waals surface area contributed by atoms with Crippen LogP contribution in [0.25, 0.3) is 0 Å². The Balaban J connectivity index is 1.76. The maximum atomic E-state index is 11.6. The van der Waals surface area contributed by atoms with Crippen LogP contribution in [0.5, 0.6) is 0 Å². The Morgan fingerprint density at radius 2 is 1.91 bits per heavy atom. The standard InChI is InChI=1S/C18H29NO3/c1-11-10-18-14-5-3-7-19(18)8-4-6-15(18)16(22-12(2)20)9-13(14)17(11)21/h11,13-17,21H,3-10H2,1-2H3/t11-,13?,14?,15?,16+,17+,18?/m0/s1. The molecule has 0 aromatic carbocycles. The Hall–Kier alpha value is -0.610. The van der Waals surface area contributed by atoms with Crippen LogP contribution in [0.4, 0.5) is 0 Å². The van der Waals surface area contributed by atoms with Crippen LogP contribution in [0, 0.1) is 23.7 Å². The average Bonchev–Trinajstić information content (AvgIpc) is 2.47. The number of aliphatic hydroxyl groups is 1. The van der Waals surface area contributed by atoms with E-state index in [0.29, 0.717) is 23.7 Å². The predicted molar refractivity (Wildman–Crippen MR) is 83.2 cm³/mol. The fourth-order valence-electron chi connectivity index (χ4n) is 6.68. The molecule has 4 fully saturated rings. The molecule has 2 bridgehead atoms. The number of carbonyl (C=O) groups excluding carboxylic acids is 1. The third kappa shape index (κ3) is 1.92. The molecule has 4 heteroatoms. The molecule has 0 aromatic rings. The smallest absolute Gasteiger partial charge is 0.302 e. The lowest BCUT2D eigenvalue weighted by Crippen LogP contribution is -2.74. The molecule has 124 valence electrons. The van der Waals surface area contributed by atoms with Crippen molar-refractivity contribution in [2.75, 3.05) is 13.1 Å². The predicted octanol–water partition coefficient (Wildman–Crippen LogP) is 2.20. The van der Waals surface area contributed by atoms with E-state index in [1.165, 1.54) is 45.7 Å². The van der Waals surface area contributed by atoms with E-state index in [1.807, 2.05) is 0 Å². The second kappa shape index (κ2) is 5.20. The lowest BCUT2D eigenvalue weighted by molar-refractivity contribution is -0.229. The molecule has 0 radical (unpaired) electrons. The van der Waals surface area contributed by atoms with E-state index in [2.05, 4.69) is 11.8 Å². The fraction of sp³-hybridized carbons (Fsp3) is 0.944. The van der Waals surface area contributed by atoms with Gasteiger partial charge >= 0.3 is 5.97 Å². The zero-order chi connectivity index (χ0) is 15.5. The van der Waals surface area contributed by atoms with Crippen molar-refractivity contribution in [3.05, 3.63) is 0 Å². The summed E-state index contributed by atoms with van der Waals surface area (Å²) in [6, 6.07) is 0. The van der Waals surface area contributed by atoms with Gasteiger partial charge in [0.2, 0.25) is 0 Å². The lowest BCUT2D eigenvalue weighted by Gasteiger charge is -2.68. The number of hydrogen-bond donors (Lipinski definition) is 1. The summed E-state index contributed by atoms with van der Waals surface area (Å²) in [4.78, 5) is 14.3. The third-order valence-corrected chi connectivity index (χ3v) is 7.22. The Labute approximate surface area is 133 Å². The highest BCUT2D eigenvalue weighted by atomic mass is 16.5. The molecule has 0 amide bonds. The second-order valence-electron chi connectivity index (χ2n) is 8.20. The molecule has 1 spiro atoms. The summed E-state index contributed by atoms with van der Waals surface area (Å²) in [5.74, 6) is 1.59. The maximum absolute atomic E-state index is 11.6. The summed E-state index contributed by atoms with van der Waals surface area (Å²) >= 11 is 0. The number of ether oxygens (including phenoxy) is 1. The largest absolute Gasteiger partial charge is 0.462 e. The Kier molecular flexibility index (Phi) is 3.53. The van der Waals surface area contributed by atoms with E-state index >= 15 is 0 Å². The van der Waals surface area contributed by atoms with Crippen LogP contribution in [0.15, 0.2) is 0 Å². The lowest BCUT2D eigenvalue weighted by atomic mass is 9.47. The van der Waals surface area contributed by atoms with Crippen LogP contribution in [0.2, 0.25) is 0 Å². The monoisotopic (exact) mass is 307 g/mol. The normalized spacial score (nSPS) is 51.0. The van der Waals surface area contributed by atoms with Crippen molar-refractivity contribution in [2.45, 2.75) is 70.1 Å². The van der Waals surface area contributed by atoms with Gasteiger partial charge < -0.3 is 9.84 Å². The zero-order valence-electron chi connectivity index (χ0n) is 13.8. The minimum absolute atomic E-state index is 0.0156. The van der Waals surface area contributed by atoms with Crippen LogP contribution in [-0.2, 0) is 9.53 Å². The van der Waals surface area contributed by atoms with Crippen LogP contribution >= 0.6 is 0 Å². The topological polar surface area (TPSA) is 49.8 Å². The first kappa shape index (κ1) is 14.9. The van der Waals surface area contributed by atoms with Gasteiger partial charge in [0.1, 0.15) is 6.10 Å². The molecule has 22 heavy (non-hydrogen) atoms. The van der Waals surface area contributed by atoms with Crippen LogP contribution in [0.3, 0.4) is 0 Å². The van der Waals surface area contributed by atoms with Gasteiger partial charge in [-0.1, -0.05) is 6.92 Å². The van der Waals surface area contributed by atoms with Crippen LogP contribution in [-0.4, -0.2) is 46.8 Å². The van der Waals surface area contributed by atoms with Crippen molar-refractivity contribution >= 4 is 5.97 Å². The second-order valence-corrected chi connectivity index (χ2v) is 8.20. The quantitative estimate of drug-likeness (QED) is 0.755. The van der Waals surface area contributed by atoms with Gasteiger partial charge in [-0.15, -0.1) is 0 Å².